The van der Waals surface area contributed by atoms with Crippen LogP contribution < -0.4 is 5.32 Å². The van der Waals surface area contributed by atoms with Gasteiger partial charge in [0.1, 0.15) is 0 Å². The van der Waals surface area contributed by atoms with Crippen molar-refractivity contribution in [1.29, 1.82) is 0 Å². The van der Waals surface area contributed by atoms with Crippen LogP contribution in [-0.2, 0) is 13.0 Å². The van der Waals surface area contributed by atoms with Crippen molar-refractivity contribution >= 4 is 0 Å². The number of rotatable bonds is 5. The van der Waals surface area contributed by atoms with E-state index in [2.05, 4.69) is 52.8 Å². The van der Waals surface area contributed by atoms with E-state index < -0.39 is 0 Å². The molecule has 1 aliphatic rings. The fourth-order valence-corrected chi connectivity index (χ4v) is 2.05. The van der Waals surface area contributed by atoms with Gasteiger partial charge in [-0.1, -0.05) is 31.2 Å². The standard InChI is InChI=1S/C15H19N3/c1-2-11-3-5-12(6-4-11)15-9-14(17-18-15)10-16-13-7-8-13/h3-6,9,13,16H,2,7-8,10H2,1H3,(H,17,18). The Morgan fingerprint density at radius 3 is 2.72 bits per heavy atom. The summed E-state index contributed by atoms with van der Waals surface area (Å²) in [7, 11) is 0. The maximum Gasteiger partial charge on any atom is 0.0924 e. The highest BCUT2D eigenvalue weighted by molar-refractivity contribution is 5.59. The molecule has 3 rings (SSSR count). The highest BCUT2D eigenvalue weighted by atomic mass is 15.1. The van der Waals surface area contributed by atoms with Crippen molar-refractivity contribution in [2.24, 2.45) is 0 Å². The molecule has 2 aromatic rings. The summed E-state index contributed by atoms with van der Waals surface area (Å²) < 4.78 is 0. The summed E-state index contributed by atoms with van der Waals surface area (Å²) in [5.74, 6) is 0. The molecule has 3 heteroatoms. The number of H-pyrrole nitrogens is 1. The van der Waals surface area contributed by atoms with Gasteiger partial charge in [-0.25, -0.2) is 0 Å². The van der Waals surface area contributed by atoms with Crippen molar-refractivity contribution in [2.75, 3.05) is 0 Å². The first-order valence-corrected chi connectivity index (χ1v) is 6.72. The number of aromatic amines is 1. The van der Waals surface area contributed by atoms with Crippen LogP contribution in [0.15, 0.2) is 30.3 Å². The number of aromatic nitrogens is 2. The Hall–Kier alpha value is -1.61. The fraction of sp³-hybridized carbons (Fsp3) is 0.400. The van der Waals surface area contributed by atoms with Gasteiger partial charge in [0.15, 0.2) is 0 Å². The largest absolute Gasteiger partial charge is 0.308 e. The summed E-state index contributed by atoms with van der Waals surface area (Å²) in [5.41, 5.74) is 4.74. The van der Waals surface area contributed by atoms with E-state index >= 15 is 0 Å². The molecule has 0 saturated heterocycles. The summed E-state index contributed by atoms with van der Waals surface area (Å²) in [6, 6.07) is 11.5. The van der Waals surface area contributed by atoms with Gasteiger partial charge in [0.05, 0.1) is 5.69 Å². The van der Waals surface area contributed by atoms with Crippen LogP contribution in [0.4, 0.5) is 0 Å². The van der Waals surface area contributed by atoms with E-state index in [1.165, 1.54) is 24.0 Å². The summed E-state index contributed by atoms with van der Waals surface area (Å²) in [6.07, 6.45) is 3.72. The molecule has 0 bridgehead atoms. The molecule has 1 aliphatic carbocycles. The monoisotopic (exact) mass is 241 g/mol. The number of nitrogens with one attached hydrogen (secondary N) is 2. The van der Waals surface area contributed by atoms with Gasteiger partial charge >= 0.3 is 0 Å². The molecule has 0 atom stereocenters. The molecule has 2 N–H and O–H groups in total. The van der Waals surface area contributed by atoms with E-state index in [0.717, 1.165) is 30.4 Å². The summed E-state index contributed by atoms with van der Waals surface area (Å²) in [4.78, 5) is 0. The van der Waals surface area contributed by atoms with Gasteiger partial charge in [-0.2, -0.15) is 5.10 Å². The molecular formula is C15H19N3. The molecule has 1 aromatic carbocycles. The van der Waals surface area contributed by atoms with Crippen molar-refractivity contribution in [1.82, 2.24) is 15.5 Å². The number of hydrogen-bond acceptors (Lipinski definition) is 2. The Balaban J connectivity index is 1.70. The molecule has 94 valence electrons. The van der Waals surface area contributed by atoms with Crippen LogP contribution in [0.1, 0.15) is 31.0 Å². The van der Waals surface area contributed by atoms with Crippen LogP contribution >= 0.6 is 0 Å². The quantitative estimate of drug-likeness (QED) is 0.845. The fourth-order valence-electron chi connectivity index (χ4n) is 2.05. The number of aryl methyl sites for hydroxylation is 1. The van der Waals surface area contributed by atoms with Crippen LogP contribution in [0.5, 0.6) is 0 Å². The van der Waals surface area contributed by atoms with Crippen LogP contribution in [0, 0.1) is 0 Å². The number of benzene rings is 1. The molecule has 1 heterocycles. The Bertz CT molecular complexity index is 509. The van der Waals surface area contributed by atoms with Gasteiger partial charge < -0.3 is 5.32 Å². The van der Waals surface area contributed by atoms with Gasteiger partial charge in [-0.05, 0) is 30.9 Å². The average Bonchev–Trinajstić information content (AvgIpc) is 3.14. The van der Waals surface area contributed by atoms with E-state index in [9.17, 15) is 0 Å². The summed E-state index contributed by atoms with van der Waals surface area (Å²) in [5, 5.41) is 11.0. The first-order chi connectivity index (χ1) is 8.85. The molecule has 18 heavy (non-hydrogen) atoms. The van der Waals surface area contributed by atoms with Gasteiger partial charge in [-0.15, -0.1) is 0 Å². The molecule has 0 spiro atoms. The minimum Gasteiger partial charge on any atom is -0.308 e. The van der Waals surface area contributed by atoms with Crippen molar-refractivity contribution < 1.29 is 0 Å². The molecule has 1 saturated carbocycles. The lowest BCUT2D eigenvalue weighted by Gasteiger charge is -1.99. The predicted molar refractivity (Wildman–Crippen MR) is 73.3 cm³/mol. The van der Waals surface area contributed by atoms with Crippen molar-refractivity contribution in [3.8, 4) is 11.3 Å². The first-order valence-electron chi connectivity index (χ1n) is 6.72. The van der Waals surface area contributed by atoms with Crippen molar-refractivity contribution in [2.45, 2.75) is 38.8 Å². The average molecular weight is 241 g/mol. The number of hydrogen-bond donors (Lipinski definition) is 2. The Morgan fingerprint density at radius 1 is 1.28 bits per heavy atom. The SMILES string of the molecule is CCc1ccc(-c2cc(CNC3CC3)[nH]n2)cc1. The zero-order valence-electron chi connectivity index (χ0n) is 10.7. The molecule has 1 fully saturated rings. The highest BCUT2D eigenvalue weighted by Crippen LogP contribution is 2.21. The molecule has 0 amide bonds. The van der Waals surface area contributed by atoms with Gasteiger partial charge in [0, 0.05) is 23.8 Å². The van der Waals surface area contributed by atoms with Crippen LogP contribution in [0.3, 0.4) is 0 Å². The molecule has 1 aromatic heterocycles. The molecular weight excluding hydrogens is 222 g/mol. The zero-order valence-corrected chi connectivity index (χ0v) is 10.7. The van der Waals surface area contributed by atoms with Crippen LogP contribution in [-0.4, -0.2) is 16.2 Å². The third kappa shape index (κ3) is 2.62. The third-order valence-corrected chi connectivity index (χ3v) is 3.45. The molecule has 0 unspecified atom stereocenters. The van der Waals surface area contributed by atoms with Crippen LogP contribution in [0.25, 0.3) is 11.3 Å². The normalized spacial score (nSPS) is 14.9. The summed E-state index contributed by atoms with van der Waals surface area (Å²) >= 11 is 0. The van der Waals surface area contributed by atoms with Crippen molar-refractivity contribution in [3.63, 3.8) is 0 Å². The van der Waals surface area contributed by atoms with E-state index in [0.29, 0.717) is 0 Å². The maximum absolute atomic E-state index is 4.38. The van der Waals surface area contributed by atoms with Crippen molar-refractivity contribution in [3.05, 3.63) is 41.6 Å². The summed E-state index contributed by atoms with van der Waals surface area (Å²) in [6.45, 7) is 3.07. The Morgan fingerprint density at radius 2 is 2.06 bits per heavy atom. The maximum atomic E-state index is 4.38. The van der Waals surface area contributed by atoms with E-state index in [1.807, 2.05) is 0 Å². The Kier molecular flexibility index (Phi) is 3.15. The van der Waals surface area contributed by atoms with Gasteiger partial charge in [0.25, 0.3) is 0 Å². The first kappa shape index (κ1) is 11.5. The second-order valence-corrected chi connectivity index (χ2v) is 4.98. The molecule has 0 aliphatic heterocycles. The lowest BCUT2D eigenvalue weighted by atomic mass is 10.1. The highest BCUT2D eigenvalue weighted by Gasteiger charge is 2.20. The van der Waals surface area contributed by atoms with E-state index in [1.54, 1.807) is 0 Å². The van der Waals surface area contributed by atoms with Crippen LogP contribution in [0.2, 0.25) is 0 Å². The second kappa shape index (κ2) is 4.94. The lowest BCUT2D eigenvalue weighted by molar-refractivity contribution is 0.672. The topological polar surface area (TPSA) is 40.7 Å². The van der Waals surface area contributed by atoms with E-state index in [-0.39, 0.29) is 0 Å². The molecule has 3 nitrogen and oxygen atoms in total. The Labute approximate surface area is 108 Å². The zero-order chi connectivity index (χ0) is 12.4. The van der Waals surface area contributed by atoms with Gasteiger partial charge in [0.2, 0.25) is 0 Å². The minimum atomic E-state index is 0.737. The minimum absolute atomic E-state index is 0.737. The van der Waals surface area contributed by atoms with Gasteiger partial charge in [-0.3, -0.25) is 5.10 Å². The van der Waals surface area contributed by atoms with E-state index in [4.69, 9.17) is 0 Å². The molecule has 0 radical (unpaired) electrons. The predicted octanol–water partition coefficient (Wildman–Crippen LogP) is 2.89. The smallest absolute Gasteiger partial charge is 0.0924 e. The number of nitrogens with zero attached hydrogens (tertiary/aromatic N) is 1. The third-order valence-electron chi connectivity index (χ3n) is 3.45. The lowest BCUT2D eigenvalue weighted by Crippen LogP contribution is -2.15. The second-order valence-electron chi connectivity index (χ2n) is 4.98.